The molecule has 9 nitrogen and oxygen atoms in total. The van der Waals surface area contributed by atoms with E-state index in [1.54, 1.807) is 0 Å². The van der Waals surface area contributed by atoms with Crippen molar-refractivity contribution in [1.29, 1.82) is 0 Å². The quantitative estimate of drug-likeness (QED) is 0.547. The first kappa shape index (κ1) is 15.8. The van der Waals surface area contributed by atoms with Crippen molar-refractivity contribution in [3.05, 3.63) is 29.3 Å². The molecule has 0 bridgehead atoms. The van der Waals surface area contributed by atoms with E-state index < -0.39 is 48.2 Å². The summed E-state index contributed by atoms with van der Waals surface area (Å²) in [6, 6.07) is 1.98. The maximum Gasteiger partial charge on any atom is 0.331 e. The summed E-state index contributed by atoms with van der Waals surface area (Å²) >= 11 is 0. The van der Waals surface area contributed by atoms with Gasteiger partial charge in [0.15, 0.2) is 12.2 Å². The van der Waals surface area contributed by atoms with Crippen LogP contribution in [-0.2, 0) is 14.3 Å². The first-order chi connectivity index (χ1) is 11.3. The van der Waals surface area contributed by atoms with Crippen molar-refractivity contribution >= 4 is 17.7 Å². The lowest BCUT2D eigenvalue weighted by Crippen LogP contribution is -2.45. The van der Waals surface area contributed by atoms with Gasteiger partial charge in [0.2, 0.25) is 5.78 Å². The molecule has 1 aromatic rings. The number of hydrogen-bond donors (Lipinski definition) is 4. The maximum absolute atomic E-state index is 12.3. The number of aliphatic hydroxyl groups excluding tert-OH is 1. The Hall–Kier alpha value is -3.07. The number of carboxylic acids is 1. The van der Waals surface area contributed by atoms with Gasteiger partial charge in [0.25, 0.3) is 0 Å². The van der Waals surface area contributed by atoms with Gasteiger partial charge in [-0.2, -0.15) is 0 Å². The molecule has 2 heterocycles. The molecule has 2 aliphatic heterocycles. The van der Waals surface area contributed by atoms with E-state index in [9.17, 15) is 29.7 Å². The molecule has 0 aromatic heterocycles. The standard InChI is InChI=1S/C15H12O9/c16-5-1-7(17)12-9(2-5)24-15(14(22)13(12)21)6-3-11(20)23-8(6)4-10(18)19/h1-3,8,14-17,22H,4H2,(H,18,19). The van der Waals surface area contributed by atoms with Crippen LogP contribution in [0.5, 0.6) is 17.2 Å². The van der Waals surface area contributed by atoms with E-state index in [2.05, 4.69) is 0 Å². The molecule has 24 heavy (non-hydrogen) atoms. The average molecular weight is 336 g/mol. The second kappa shape index (κ2) is 5.53. The zero-order valence-corrected chi connectivity index (χ0v) is 12.0. The van der Waals surface area contributed by atoms with E-state index in [1.807, 2.05) is 0 Å². The Balaban J connectivity index is 2.00. The zero-order valence-electron chi connectivity index (χ0n) is 12.0. The van der Waals surface area contributed by atoms with E-state index >= 15 is 0 Å². The van der Waals surface area contributed by atoms with Crippen LogP contribution >= 0.6 is 0 Å². The van der Waals surface area contributed by atoms with E-state index in [0.29, 0.717) is 0 Å². The molecule has 126 valence electrons. The summed E-state index contributed by atoms with van der Waals surface area (Å²) in [5.74, 6) is -4.07. The second-order valence-corrected chi connectivity index (χ2v) is 5.35. The Morgan fingerprint density at radius 2 is 1.88 bits per heavy atom. The lowest BCUT2D eigenvalue weighted by atomic mass is 9.90. The lowest BCUT2D eigenvalue weighted by Gasteiger charge is -2.31. The molecule has 3 atom stereocenters. The summed E-state index contributed by atoms with van der Waals surface area (Å²) < 4.78 is 10.3. The van der Waals surface area contributed by atoms with Crippen LogP contribution in [0.15, 0.2) is 23.8 Å². The molecule has 3 unspecified atom stereocenters. The number of cyclic esters (lactones) is 1. The van der Waals surface area contributed by atoms with E-state index in [4.69, 9.17) is 14.6 Å². The second-order valence-electron chi connectivity index (χ2n) is 5.35. The number of carbonyl (C=O) groups is 3. The molecule has 4 N–H and O–H groups in total. The minimum absolute atomic E-state index is 0.00303. The summed E-state index contributed by atoms with van der Waals surface area (Å²) in [6.45, 7) is 0. The van der Waals surface area contributed by atoms with E-state index in [-0.39, 0.29) is 22.6 Å². The Morgan fingerprint density at radius 1 is 1.17 bits per heavy atom. The predicted octanol–water partition coefficient (Wildman–Crippen LogP) is -0.271. The molecular formula is C15H12O9. The first-order valence-electron chi connectivity index (χ1n) is 6.86. The van der Waals surface area contributed by atoms with E-state index in [0.717, 1.165) is 18.2 Å². The number of phenols is 2. The Morgan fingerprint density at radius 3 is 2.54 bits per heavy atom. The molecule has 0 radical (unpaired) electrons. The molecule has 3 rings (SSSR count). The molecule has 2 aliphatic rings. The van der Waals surface area contributed by atoms with Crippen LogP contribution < -0.4 is 4.74 Å². The van der Waals surface area contributed by atoms with Crippen molar-refractivity contribution in [3.63, 3.8) is 0 Å². The first-order valence-corrected chi connectivity index (χ1v) is 6.86. The van der Waals surface area contributed by atoms with Crippen LogP contribution in [0.2, 0.25) is 0 Å². The van der Waals surface area contributed by atoms with Crippen LogP contribution in [0.25, 0.3) is 0 Å². The van der Waals surface area contributed by atoms with Crippen LogP contribution in [0.4, 0.5) is 0 Å². The molecule has 9 heteroatoms. The van der Waals surface area contributed by atoms with Gasteiger partial charge < -0.3 is 29.9 Å². The molecule has 0 aliphatic carbocycles. The van der Waals surface area contributed by atoms with Gasteiger partial charge in [-0.1, -0.05) is 0 Å². The summed E-state index contributed by atoms with van der Waals surface area (Å²) in [4.78, 5) is 34.6. The number of rotatable bonds is 3. The van der Waals surface area contributed by atoms with Gasteiger partial charge >= 0.3 is 11.9 Å². The van der Waals surface area contributed by atoms with Gasteiger partial charge in [0.1, 0.15) is 28.9 Å². The molecule has 0 saturated heterocycles. The molecular weight excluding hydrogens is 324 g/mol. The van der Waals surface area contributed by atoms with Crippen molar-refractivity contribution in [3.8, 4) is 17.2 Å². The smallest absolute Gasteiger partial charge is 0.331 e. The highest BCUT2D eigenvalue weighted by Gasteiger charge is 2.45. The highest BCUT2D eigenvalue weighted by molar-refractivity contribution is 6.06. The van der Waals surface area contributed by atoms with Gasteiger partial charge in [0.05, 0.1) is 6.42 Å². The number of Topliss-reactive ketones (excluding diaryl/α,β-unsaturated/α-hetero) is 1. The number of aliphatic hydroxyl groups is 1. The van der Waals surface area contributed by atoms with Gasteiger partial charge in [-0.25, -0.2) is 4.79 Å². The number of carbonyl (C=O) groups excluding carboxylic acids is 2. The summed E-state index contributed by atoms with van der Waals surface area (Å²) in [5.41, 5.74) is -0.311. The fourth-order valence-corrected chi connectivity index (χ4v) is 2.72. The number of benzene rings is 1. The van der Waals surface area contributed by atoms with Gasteiger partial charge in [0, 0.05) is 23.8 Å². The number of aliphatic carboxylic acids is 1. The molecule has 0 amide bonds. The summed E-state index contributed by atoms with van der Waals surface area (Å²) in [5, 5.41) is 38.3. The van der Waals surface area contributed by atoms with Crippen molar-refractivity contribution in [2.45, 2.75) is 24.7 Å². The molecule has 0 spiro atoms. The Labute approximate surface area is 134 Å². The Kier molecular flexibility index (Phi) is 3.64. The van der Waals surface area contributed by atoms with Crippen molar-refractivity contribution in [2.75, 3.05) is 0 Å². The number of ether oxygens (including phenoxy) is 2. The van der Waals surface area contributed by atoms with Crippen LogP contribution in [0.1, 0.15) is 16.8 Å². The SMILES string of the molecule is O=C(O)CC1OC(=O)C=C1C1Oc2cc(O)cc(O)c2C(=O)C1O. The minimum atomic E-state index is -1.77. The number of fused-ring (bicyclic) bond motifs is 1. The largest absolute Gasteiger partial charge is 0.508 e. The van der Waals surface area contributed by atoms with Crippen LogP contribution in [-0.4, -0.2) is 56.5 Å². The fraction of sp³-hybridized carbons (Fsp3) is 0.267. The third-order valence-electron chi connectivity index (χ3n) is 3.73. The normalized spacial score (nSPS) is 25.5. The van der Waals surface area contributed by atoms with Crippen molar-refractivity contribution < 1.29 is 44.3 Å². The van der Waals surface area contributed by atoms with Gasteiger partial charge in [-0.05, 0) is 0 Å². The highest BCUT2D eigenvalue weighted by atomic mass is 16.6. The zero-order chi connectivity index (χ0) is 17.6. The van der Waals surface area contributed by atoms with Crippen LogP contribution in [0, 0.1) is 0 Å². The number of phenolic OH excluding ortho intramolecular Hbond substituents is 2. The number of ketones is 1. The van der Waals surface area contributed by atoms with E-state index in [1.165, 1.54) is 0 Å². The summed E-state index contributed by atoms with van der Waals surface area (Å²) in [6.07, 6.45) is -3.93. The third-order valence-corrected chi connectivity index (χ3v) is 3.73. The number of hydrogen-bond acceptors (Lipinski definition) is 8. The highest BCUT2D eigenvalue weighted by Crippen LogP contribution is 2.40. The van der Waals surface area contributed by atoms with Crippen molar-refractivity contribution in [2.24, 2.45) is 0 Å². The predicted molar refractivity (Wildman–Crippen MR) is 74.7 cm³/mol. The van der Waals surface area contributed by atoms with Crippen molar-refractivity contribution in [1.82, 2.24) is 0 Å². The number of aromatic hydroxyl groups is 2. The Bertz CT molecular complexity index is 779. The van der Waals surface area contributed by atoms with Gasteiger partial charge in [-0.15, -0.1) is 0 Å². The number of carboxylic acid groups (broad SMARTS) is 1. The maximum atomic E-state index is 12.3. The summed E-state index contributed by atoms with van der Waals surface area (Å²) in [7, 11) is 0. The molecule has 1 aromatic carbocycles. The monoisotopic (exact) mass is 336 g/mol. The van der Waals surface area contributed by atoms with Gasteiger partial charge in [-0.3, -0.25) is 9.59 Å². The third kappa shape index (κ3) is 2.54. The fourth-order valence-electron chi connectivity index (χ4n) is 2.72. The van der Waals surface area contributed by atoms with Crippen LogP contribution in [0.3, 0.4) is 0 Å². The lowest BCUT2D eigenvalue weighted by molar-refractivity contribution is -0.144. The molecule has 0 fully saturated rings. The topological polar surface area (TPSA) is 151 Å². The minimum Gasteiger partial charge on any atom is -0.508 e. The average Bonchev–Trinajstić information content (AvgIpc) is 2.81. The number of esters is 1. The molecule has 0 saturated carbocycles.